The smallest absolute Gasteiger partial charge is 0.353 e. The summed E-state index contributed by atoms with van der Waals surface area (Å²) in [6.45, 7) is 1.44. The second kappa shape index (κ2) is 5.59. The van der Waals surface area contributed by atoms with Crippen molar-refractivity contribution in [2.45, 2.75) is 6.92 Å². The number of hydrazone groups is 1. The second-order valence-electron chi connectivity index (χ2n) is 2.87. The predicted octanol–water partition coefficient (Wildman–Crippen LogP) is 0.360. The Balaban J connectivity index is 2.63. The number of methoxy groups -OCH3 is 1. The molecule has 1 heterocycles. The molecule has 0 radical (unpaired) electrons. The van der Waals surface area contributed by atoms with E-state index in [1.807, 2.05) is 0 Å². The summed E-state index contributed by atoms with van der Waals surface area (Å²) < 4.78 is 4.42. The molecule has 84 valence electrons. The molecule has 1 aromatic rings. The zero-order valence-electron chi connectivity index (χ0n) is 8.93. The number of hydrogen-bond acceptors (Lipinski definition) is 5. The lowest BCUT2D eigenvalue weighted by atomic mass is 10.3. The predicted molar refractivity (Wildman–Crippen MR) is 56.8 cm³/mol. The standard InChI is InChI=1S/C10H11N3O3/c1-7(10(15)16-2)12-13-9(14)8-4-3-5-11-6-8/h3-6H,1-2H3,(H,13,14). The Labute approximate surface area is 92.3 Å². The summed E-state index contributed by atoms with van der Waals surface area (Å²) in [7, 11) is 1.24. The molecule has 6 heteroatoms. The van der Waals surface area contributed by atoms with Gasteiger partial charge in [0.15, 0.2) is 0 Å². The van der Waals surface area contributed by atoms with Crippen molar-refractivity contribution in [3.05, 3.63) is 30.1 Å². The molecule has 0 atom stereocenters. The molecule has 0 spiro atoms. The quantitative estimate of drug-likeness (QED) is 0.454. The van der Waals surface area contributed by atoms with Gasteiger partial charge in [-0.05, 0) is 19.1 Å². The van der Waals surface area contributed by atoms with Crippen molar-refractivity contribution in [3.8, 4) is 0 Å². The van der Waals surface area contributed by atoms with Crippen molar-refractivity contribution >= 4 is 17.6 Å². The SMILES string of the molecule is COC(=O)C(C)=NNC(=O)c1cccnc1. The van der Waals surface area contributed by atoms with Crippen LogP contribution in [-0.2, 0) is 9.53 Å². The number of carbonyl (C=O) groups excluding carboxylic acids is 2. The Morgan fingerprint density at radius 2 is 2.25 bits per heavy atom. The van der Waals surface area contributed by atoms with Gasteiger partial charge in [0.2, 0.25) is 0 Å². The Morgan fingerprint density at radius 1 is 1.50 bits per heavy atom. The van der Waals surface area contributed by atoms with Gasteiger partial charge >= 0.3 is 5.97 Å². The zero-order valence-corrected chi connectivity index (χ0v) is 8.93. The lowest BCUT2D eigenvalue weighted by molar-refractivity contribution is -0.132. The van der Waals surface area contributed by atoms with Crippen LogP contribution >= 0.6 is 0 Å². The molecule has 0 saturated carbocycles. The molecular weight excluding hydrogens is 210 g/mol. The number of amides is 1. The number of hydrogen-bond donors (Lipinski definition) is 1. The van der Waals surface area contributed by atoms with E-state index in [0.29, 0.717) is 5.56 Å². The van der Waals surface area contributed by atoms with Crippen LogP contribution in [0.5, 0.6) is 0 Å². The minimum Gasteiger partial charge on any atom is -0.464 e. The van der Waals surface area contributed by atoms with Gasteiger partial charge in [0, 0.05) is 12.4 Å². The fourth-order valence-electron chi connectivity index (χ4n) is 0.890. The molecule has 0 aliphatic carbocycles. The van der Waals surface area contributed by atoms with Gasteiger partial charge in [0.1, 0.15) is 5.71 Å². The van der Waals surface area contributed by atoms with Crippen LogP contribution in [0.15, 0.2) is 29.6 Å². The largest absolute Gasteiger partial charge is 0.464 e. The van der Waals surface area contributed by atoms with E-state index in [9.17, 15) is 9.59 Å². The van der Waals surface area contributed by atoms with Crippen molar-refractivity contribution in [3.63, 3.8) is 0 Å². The highest BCUT2D eigenvalue weighted by Gasteiger charge is 2.07. The van der Waals surface area contributed by atoms with E-state index >= 15 is 0 Å². The third-order valence-corrected chi connectivity index (χ3v) is 1.73. The summed E-state index contributed by atoms with van der Waals surface area (Å²) in [6.07, 6.45) is 2.96. The van der Waals surface area contributed by atoms with Crippen LogP contribution in [0.3, 0.4) is 0 Å². The number of carbonyl (C=O) groups is 2. The fourth-order valence-corrected chi connectivity index (χ4v) is 0.890. The van der Waals surface area contributed by atoms with Crippen molar-refractivity contribution < 1.29 is 14.3 Å². The molecule has 1 rings (SSSR count). The number of aromatic nitrogens is 1. The number of esters is 1. The highest BCUT2D eigenvalue weighted by molar-refractivity contribution is 6.35. The Morgan fingerprint density at radius 3 is 2.81 bits per heavy atom. The van der Waals surface area contributed by atoms with E-state index in [1.54, 1.807) is 18.3 Å². The van der Waals surface area contributed by atoms with Crippen LogP contribution in [0.1, 0.15) is 17.3 Å². The first-order valence-electron chi connectivity index (χ1n) is 4.48. The molecule has 0 saturated heterocycles. The third kappa shape index (κ3) is 3.16. The van der Waals surface area contributed by atoms with Crippen LogP contribution in [0.25, 0.3) is 0 Å². The van der Waals surface area contributed by atoms with Gasteiger partial charge in [0.05, 0.1) is 12.7 Å². The maximum atomic E-state index is 11.4. The van der Waals surface area contributed by atoms with Gasteiger partial charge < -0.3 is 4.74 Å². The summed E-state index contributed by atoms with van der Waals surface area (Å²) in [5, 5.41) is 3.59. The van der Waals surface area contributed by atoms with Crippen molar-refractivity contribution in [2.75, 3.05) is 7.11 Å². The van der Waals surface area contributed by atoms with Gasteiger partial charge in [-0.3, -0.25) is 9.78 Å². The lowest BCUT2D eigenvalue weighted by Gasteiger charge is -2.00. The number of pyridine rings is 1. The van der Waals surface area contributed by atoms with E-state index < -0.39 is 11.9 Å². The van der Waals surface area contributed by atoms with Gasteiger partial charge in [-0.2, -0.15) is 5.10 Å². The van der Waals surface area contributed by atoms with Crippen LogP contribution in [0.4, 0.5) is 0 Å². The Kier molecular flexibility index (Phi) is 4.14. The molecule has 16 heavy (non-hydrogen) atoms. The number of nitrogens with one attached hydrogen (secondary N) is 1. The topological polar surface area (TPSA) is 80.6 Å². The molecule has 1 amide bonds. The number of rotatable bonds is 3. The van der Waals surface area contributed by atoms with Crippen molar-refractivity contribution in [1.29, 1.82) is 0 Å². The van der Waals surface area contributed by atoms with E-state index in [2.05, 4.69) is 20.2 Å². The third-order valence-electron chi connectivity index (χ3n) is 1.73. The maximum absolute atomic E-state index is 11.4. The zero-order chi connectivity index (χ0) is 12.0. The van der Waals surface area contributed by atoms with Crippen LogP contribution < -0.4 is 5.43 Å². The normalized spacial score (nSPS) is 10.8. The molecule has 0 unspecified atom stereocenters. The summed E-state index contributed by atoms with van der Waals surface area (Å²) in [6, 6.07) is 3.22. The monoisotopic (exact) mass is 221 g/mol. The molecule has 1 N–H and O–H groups in total. The minimum atomic E-state index is -0.591. The molecule has 0 aromatic carbocycles. The second-order valence-corrected chi connectivity index (χ2v) is 2.87. The Hall–Kier alpha value is -2.24. The highest BCUT2D eigenvalue weighted by atomic mass is 16.5. The molecule has 1 aromatic heterocycles. The van der Waals surface area contributed by atoms with Gasteiger partial charge in [-0.25, -0.2) is 10.2 Å². The highest BCUT2D eigenvalue weighted by Crippen LogP contribution is 1.94. The van der Waals surface area contributed by atoms with E-state index in [0.717, 1.165) is 0 Å². The molecule has 0 bridgehead atoms. The molecule has 0 aliphatic rings. The van der Waals surface area contributed by atoms with E-state index in [-0.39, 0.29) is 5.71 Å². The van der Waals surface area contributed by atoms with Crippen LogP contribution in [0.2, 0.25) is 0 Å². The van der Waals surface area contributed by atoms with Crippen LogP contribution in [-0.4, -0.2) is 29.7 Å². The maximum Gasteiger partial charge on any atom is 0.353 e. The van der Waals surface area contributed by atoms with Crippen molar-refractivity contribution in [1.82, 2.24) is 10.4 Å². The molecule has 0 fully saturated rings. The summed E-state index contributed by atoms with van der Waals surface area (Å²) in [5.74, 6) is -1.03. The molecule has 0 aliphatic heterocycles. The fraction of sp³-hybridized carbons (Fsp3) is 0.200. The first-order chi connectivity index (χ1) is 7.65. The van der Waals surface area contributed by atoms with Gasteiger partial charge in [-0.1, -0.05) is 0 Å². The van der Waals surface area contributed by atoms with Gasteiger partial charge in [-0.15, -0.1) is 0 Å². The lowest BCUT2D eigenvalue weighted by Crippen LogP contribution is -2.22. The van der Waals surface area contributed by atoms with E-state index in [1.165, 1.54) is 20.2 Å². The van der Waals surface area contributed by atoms with E-state index in [4.69, 9.17) is 0 Å². The molecule has 6 nitrogen and oxygen atoms in total. The first-order valence-corrected chi connectivity index (χ1v) is 4.48. The molecular formula is C10H11N3O3. The summed E-state index contributed by atoms with van der Waals surface area (Å²) >= 11 is 0. The first kappa shape index (κ1) is 11.8. The summed E-state index contributed by atoms with van der Waals surface area (Å²) in [5.41, 5.74) is 2.66. The minimum absolute atomic E-state index is 0.0692. The average Bonchev–Trinajstić information content (AvgIpc) is 2.35. The summed E-state index contributed by atoms with van der Waals surface area (Å²) in [4.78, 5) is 26.2. The van der Waals surface area contributed by atoms with Crippen LogP contribution in [0, 0.1) is 0 Å². The van der Waals surface area contributed by atoms with Crippen molar-refractivity contribution in [2.24, 2.45) is 5.10 Å². The average molecular weight is 221 g/mol. The number of nitrogens with zero attached hydrogens (tertiary/aromatic N) is 2. The number of ether oxygens (including phenoxy) is 1. The Bertz CT molecular complexity index is 415. The van der Waals surface area contributed by atoms with Gasteiger partial charge in [0.25, 0.3) is 5.91 Å².